The van der Waals surface area contributed by atoms with Gasteiger partial charge in [-0.15, -0.1) is 0 Å². The van der Waals surface area contributed by atoms with Crippen molar-refractivity contribution >= 4 is 17.4 Å². The standard InChI is InChI=1S/C21H23NS/c1-13(2)16-10-9-14(3)17-12-21(15(4)18(17)11-16)23-20-8-6-5-7-19(20)22/h5-13H,22H2,1-4H3. The number of fused-ring (bicyclic) bond motifs is 1. The zero-order valence-electron chi connectivity index (χ0n) is 14.2. The molecule has 1 nitrogen and oxygen atoms in total. The van der Waals surface area contributed by atoms with Crippen LogP contribution >= 0.6 is 11.8 Å². The Balaban J connectivity index is 2.13. The summed E-state index contributed by atoms with van der Waals surface area (Å²) in [6.45, 7) is 8.90. The van der Waals surface area contributed by atoms with E-state index >= 15 is 0 Å². The fourth-order valence-electron chi connectivity index (χ4n) is 2.85. The fraction of sp³-hybridized carbons (Fsp3) is 0.238. The Labute approximate surface area is 143 Å². The number of para-hydroxylation sites is 1. The van der Waals surface area contributed by atoms with Gasteiger partial charge < -0.3 is 5.73 Å². The van der Waals surface area contributed by atoms with Crippen LogP contribution in [0.1, 0.15) is 36.5 Å². The third-order valence-corrected chi connectivity index (χ3v) is 5.64. The Kier molecular flexibility index (Phi) is 4.36. The molecule has 0 bridgehead atoms. The van der Waals surface area contributed by atoms with E-state index in [4.69, 9.17) is 5.73 Å². The van der Waals surface area contributed by atoms with Gasteiger partial charge in [0.1, 0.15) is 0 Å². The van der Waals surface area contributed by atoms with E-state index in [9.17, 15) is 0 Å². The van der Waals surface area contributed by atoms with Crippen LogP contribution in [0.4, 0.5) is 5.69 Å². The molecule has 0 atom stereocenters. The number of hydrogen-bond donors (Lipinski definition) is 1. The van der Waals surface area contributed by atoms with Crippen molar-refractivity contribution in [1.29, 1.82) is 0 Å². The molecule has 0 spiro atoms. The molecule has 0 saturated heterocycles. The van der Waals surface area contributed by atoms with Gasteiger partial charge in [-0.25, -0.2) is 0 Å². The first-order valence-electron chi connectivity index (χ1n) is 8.03. The summed E-state index contributed by atoms with van der Waals surface area (Å²) in [7, 11) is 0. The molecule has 0 aliphatic heterocycles. The van der Waals surface area contributed by atoms with Gasteiger partial charge in [-0.3, -0.25) is 0 Å². The quantitative estimate of drug-likeness (QED) is 0.576. The minimum atomic E-state index is 0.528. The normalized spacial score (nSPS) is 11.3. The van der Waals surface area contributed by atoms with Crippen molar-refractivity contribution in [2.45, 2.75) is 43.4 Å². The SMILES string of the molecule is Cc1ccc(C(C)C)cc2c(C)c(Sc3ccccc3N)cc1-2. The molecule has 0 fully saturated rings. The first-order valence-corrected chi connectivity index (χ1v) is 8.85. The highest BCUT2D eigenvalue weighted by atomic mass is 32.2. The van der Waals surface area contributed by atoms with Gasteiger partial charge in [0.2, 0.25) is 0 Å². The summed E-state index contributed by atoms with van der Waals surface area (Å²) in [5.41, 5.74) is 13.7. The number of benzene rings is 1. The van der Waals surface area contributed by atoms with Crippen molar-refractivity contribution in [2.24, 2.45) is 0 Å². The maximum atomic E-state index is 6.11. The highest BCUT2D eigenvalue weighted by molar-refractivity contribution is 7.99. The molecule has 0 aromatic heterocycles. The highest BCUT2D eigenvalue weighted by Gasteiger charge is 2.16. The van der Waals surface area contributed by atoms with Crippen molar-refractivity contribution in [3.63, 3.8) is 0 Å². The second-order valence-corrected chi connectivity index (χ2v) is 7.50. The van der Waals surface area contributed by atoms with Crippen molar-refractivity contribution in [2.75, 3.05) is 5.73 Å². The monoisotopic (exact) mass is 321 g/mol. The molecule has 2 aliphatic rings. The van der Waals surface area contributed by atoms with Gasteiger partial charge in [-0.1, -0.05) is 55.9 Å². The van der Waals surface area contributed by atoms with E-state index < -0.39 is 0 Å². The van der Waals surface area contributed by atoms with Gasteiger partial charge in [0.15, 0.2) is 0 Å². The smallest absolute Gasteiger partial charge is 0.0455 e. The Morgan fingerprint density at radius 3 is 2.30 bits per heavy atom. The van der Waals surface area contributed by atoms with Crippen LogP contribution in [0.3, 0.4) is 0 Å². The van der Waals surface area contributed by atoms with E-state index in [0.717, 1.165) is 10.6 Å². The lowest BCUT2D eigenvalue weighted by molar-refractivity contribution is 0.868. The Morgan fingerprint density at radius 2 is 1.61 bits per heavy atom. The number of nitrogens with two attached hydrogens (primary N) is 1. The molecule has 118 valence electrons. The lowest BCUT2D eigenvalue weighted by atomic mass is 10.0. The zero-order chi connectivity index (χ0) is 16.6. The summed E-state index contributed by atoms with van der Waals surface area (Å²) < 4.78 is 0. The lowest BCUT2D eigenvalue weighted by Gasteiger charge is -2.05. The molecule has 0 saturated carbocycles. The van der Waals surface area contributed by atoms with Crippen LogP contribution in [0.15, 0.2) is 58.3 Å². The van der Waals surface area contributed by atoms with E-state index in [1.54, 1.807) is 11.8 Å². The summed E-state index contributed by atoms with van der Waals surface area (Å²) in [4.78, 5) is 2.42. The third kappa shape index (κ3) is 3.09. The molecule has 0 heterocycles. The minimum absolute atomic E-state index is 0.528. The van der Waals surface area contributed by atoms with Crippen LogP contribution in [0.25, 0.3) is 11.1 Å². The second kappa shape index (κ2) is 6.29. The molecule has 1 aromatic rings. The van der Waals surface area contributed by atoms with Gasteiger partial charge >= 0.3 is 0 Å². The predicted octanol–water partition coefficient (Wildman–Crippen LogP) is 6.27. The van der Waals surface area contributed by atoms with Crippen molar-refractivity contribution in [3.05, 3.63) is 65.2 Å². The summed E-state index contributed by atoms with van der Waals surface area (Å²) in [6.07, 6.45) is 0. The molecule has 0 amide bonds. The molecule has 2 N–H and O–H groups in total. The van der Waals surface area contributed by atoms with Gasteiger partial charge in [0.25, 0.3) is 0 Å². The van der Waals surface area contributed by atoms with Crippen LogP contribution in [0.5, 0.6) is 0 Å². The van der Waals surface area contributed by atoms with Crippen LogP contribution in [-0.2, 0) is 0 Å². The van der Waals surface area contributed by atoms with Crippen LogP contribution in [0.2, 0.25) is 0 Å². The van der Waals surface area contributed by atoms with Gasteiger partial charge in [0.05, 0.1) is 0 Å². The average molecular weight is 321 g/mol. The van der Waals surface area contributed by atoms with Crippen LogP contribution in [-0.4, -0.2) is 0 Å². The number of rotatable bonds is 3. The predicted molar refractivity (Wildman–Crippen MR) is 102 cm³/mol. The van der Waals surface area contributed by atoms with E-state index in [1.807, 2.05) is 18.2 Å². The maximum Gasteiger partial charge on any atom is 0.0455 e. The van der Waals surface area contributed by atoms with Gasteiger partial charge in [0, 0.05) is 15.5 Å². The summed E-state index contributed by atoms with van der Waals surface area (Å²) in [6, 6.07) is 17.2. The Bertz CT molecular complexity index is 820. The van der Waals surface area contributed by atoms with E-state index in [2.05, 4.69) is 58.0 Å². The van der Waals surface area contributed by atoms with E-state index in [0.29, 0.717) is 5.92 Å². The fourth-order valence-corrected chi connectivity index (χ4v) is 3.86. The molecule has 23 heavy (non-hydrogen) atoms. The number of nitrogen functional groups attached to an aromatic ring is 1. The molecular formula is C21H23NS. The van der Waals surface area contributed by atoms with Crippen LogP contribution in [0, 0.1) is 13.8 Å². The Hall–Kier alpha value is -1.93. The van der Waals surface area contributed by atoms with Gasteiger partial charge in [-0.2, -0.15) is 0 Å². The van der Waals surface area contributed by atoms with Crippen molar-refractivity contribution < 1.29 is 0 Å². The molecular weight excluding hydrogens is 298 g/mol. The number of aryl methyl sites for hydroxylation is 1. The zero-order valence-corrected chi connectivity index (χ0v) is 15.0. The van der Waals surface area contributed by atoms with E-state index in [1.165, 1.54) is 32.7 Å². The number of anilines is 1. The summed E-state index contributed by atoms with van der Waals surface area (Å²) >= 11 is 1.76. The Morgan fingerprint density at radius 1 is 0.870 bits per heavy atom. The minimum Gasteiger partial charge on any atom is -0.398 e. The van der Waals surface area contributed by atoms with Gasteiger partial charge in [-0.05, 0) is 65.8 Å². The maximum absolute atomic E-state index is 6.11. The molecule has 1 aromatic carbocycles. The molecule has 2 heteroatoms. The largest absolute Gasteiger partial charge is 0.398 e. The molecule has 0 unspecified atom stereocenters. The lowest BCUT2D eigenvalue weighted by Crippen LogP contribution is -1.87. The molecule has 2 aliphatic carbocycles. The average Bonchev–Trinajstić information content (AvgIpc) is 2.71. The van der Waals surface area contributed by atoms with Crippen molar-refractivity contribution in [3.8, 4) is 11.1 Å². The van der Waals surface area contributed by atoms with E-state index in [-0.39, 0.29) is 0 Å². The second-order valence-electron chi connectivity index (χ2n) is 6.42. The summed E-state index contributed by atoms with van der Waals surface area (Å²) in [5, 5.41) is 0. The molecule has 0 radical (unpaired) electrons. The topological polar surface area (TPSA) is 26.0 Å². The molecule has 3 rings (SSSR count). The van der Waals surface area contributed by atoms with Crippen LogP contribution < -0.4 is 5.73 Å². The summed E-state index contributed by atoms with van der Waals surface area (Å²) in [5.74, 6) is 0.528. The first-order chi connectivity index (χ1) is 11.0. The highest BCUT2D eigenvalue weighted by Crippen LogP contribution is 2.42. The first kappa shape index (κ1) is 15.9. The van der Waals surface area contributed by atoms with Crippen molar-refractivity contribution in [1.82, 2.24) is 0 Å². The number of hydrogen-bond acceptors (Lipinski definition) is 2. The third-order valence-electron chi connectivity index (χ3n) is 4.41.